The Morgan fingerprint density at radius 2 is 2.00 bits per heavy atom. The van der Waals surface area contributed by atoms with Crippen molar-refractivity contribution in [3.8, 4) is 22.6 Å². The number of anilines is 1. The van der Waals surface area contributed by atoms with Crippen molar-refractivity contribution in [1.29, 1.82) is 0 Å². The van der Waals surface area contributed by atoms with Crippen LogP contribution in [0.15, 0.2) is 60.8 Å². The van der Waals surface area contributed by atoms with Gasteiger partial charge in [0.15, 0.2) is 5.65 Å². The minimum Gasteiger partial charge on any atom is -0.497 e. The van der Waals surface area contributed by atoms with Gasteiger partial charge in [-0.1, -0.05) is 18.2 Å². The Morgan fingerprint density at radius 3 is 2.87 bits per heavy atom. The van der Waals surface area contributed by atoms with Crippen LogP contribution < -0.4 is 15.2 Å². The molecule has 1 amide bonds. The van der Waals surface area contributed by atoms with Crippen LogP contribution in [0.1, 0.15) is 15.9 Å². The lowest BCUT2D eigenvalue weighted by Gasteiger charge is -2.20. The maximum atomic E-state index is 13.2. The molecule has 1 aliphatic heterocycles. The third kappa shape index (κ3) is 3.63. The molecule has 0 fully saturated rings. The fourth-order valence-corrected chi connectivity index (χ4v) is 3.76. The second kappa shape index (κ2) is 7.64. The molecule has 0 saturated heterocycles. The first-order chi connectivity index (χ1) is 15.1. The van der Waals surface area contributed by atoms with Crippen molar-refractivity contribution < 1.29 is 14.3 Å². The van der Waals surface area contributed by atoms with Gasteiger partial charge in [-0.25, -0.2) is 4.52 Å². The maximum Gasteiger partial charge on any atom is 0.258 e. The van der Waals surface area contributed by atoms with Gasteiger partial charge in [0.2, 0.25) is 5.95 Å². The fraction of sp³-hybridized carbons (Fsp3) is 0.174. The predicted molar refractivity (Wildman–Crippen MR) is 116 cm³/mol. The minimum absolute atomic E-state index is 0.0532. The molecule has 0 radical (unpaired) electrons. The summed E-state index contributed by atoms with van der Waals surface area (Å²) in [6, 6.07) is 17.2. The number of nitrogens with zero attached hydrogens (tertiary/aromatic N) is 4. The summed E-state index contributed by atoms with van der Waals surface area (Å²) in [6.45, 7) is 1.42. The second-order valence-electron chi connectivity index (χ2n) is 7.33. The molecule has 3 heterocycles. The molecule has 2 N–H and O–H groups in total. The van der Waals surface area contributed by atoms with Crippen LogP contribution in [0.2, 0.25) is 0 Å². The molecular weight excluding hydrogens is 394 g/mol. The van der Waals surface area contributed by atoms with E-state index < -0.39 is 0 Å². The number of aromatic nitrogens is 3. The average Bonchev–Trinajstić information content (AvgIpc) is 3.09. The van der Waals surface area contributed by atoms with Gasteiger partial charge in [0, 0.05) is 12.7 Å². The maximum absolute atomic E-state index is 13.2. The molecule has 2 aromatic heterocycles. The summed E-state index contributed by atoms with van der Waals surface area (Å²) in [5.74, 6) is 1.52. The average molecular weight is 415 g/mol. The molecule has 0 spiro atoms. The van der Waals surface area contributed by atoms with Gasteiger partial charge in [0.05, 0.1) is 19.2 Å². The van der Waals surface area contributed by atoms with Crippen LogP contribution in [0, 0.1) is 0 Å². The zero-order valence-corrected chi connectivity index (χ0v) is 17.0. The van der Waals surface area contributed by atoms with Crippen LogP contribution >= 0.6 is 0 Å². The monoisotopic (exact) mass is 415 g/mol. The summed E-state index contributed by atoms with van der Waals surface area (Å²) >= 11 is 0. The Labute approximate surface area is 178 Å². The van der Waals surface area contributed by atoms with E-state index >= 15 is 0 Å². The normalized spacial score (nSPS) is 13.6. The SMILES string of the molecule is COc1cccc(CN2CCOc3cc(-c4ccn5nc(N)nc5c4)ccc3C2=O)c1. The van der Waals surface area contributed by atoms with E-state index in [0.717, 1.165) is 22.4 Å². The van der Waals surface area contributed by atoms with Crippen molar-refractivity contribution >= 4 is 17.5 Å². The van der Waals surface area contributed by atoms with Crippen LogP contribution in [0.25, 0.3) is 16.8 Å². The second-order valence-corrected chi connectivity index (χ2v) is 7.33. The number of ether oxygens (including phenoxy) is 2. The molecule has 2 aromatic carbocycles. The standard InChI is InChI=1S/C23H21N5O3/c1-30-18-4-2-3-15(11-18)14-27-9-10-31-20-12-16(5-6-19(20)22(27)29)17-7-8-28-21(13-17)25-23(24)26-28/h2-8,11-13H,9-10,14H2,1H3,(H2,24,26). The van der Waals surface area contributed by atoms with Crippen LogP contribution in [0.3, 0.4) is 0 Å². The highest BCUT2D eigenvalue weighted by atomic mass is 16.5. The summed E-state index contributed by atoms with van der Waals surface area (Å²) in [6.07, 6.45) is 1.81. The number of pyridine rings is 1. The highest BCUT2D eigenvalue weighted by Crippen LogP contribution is 2.31. The molecule has 0 atom stereocenters. The molecule has 0 unspecified atom stereocenters. The van der Waals surface area contributed by atoms with Crippen LogP contribution in [-0.4, -0.2) is 45.7 Å². The molecule has 0 saturated carbocycles. The molecule has 4 aromatic rings. The molecule has 31 heavy (non-hydrogen) atoms. The first kappa shape index (κ1) is 18.9. The van der Waals surface area contributed by atoms with Crippen molar-refractivity contribution in [2.45, 2.75) is 6.54 Å². The molecular formula is C23H21N5O3. The van der Waals surface area contributed by atoms with Crippen LogP contribution in [0.5, 0.6) is 11.5 Å². The van der Waals surface area contributed by atoms with Gasteiger partial charge in [-0.3, -0.25) is 4.79 Å². The Kier molecular flexibility index (Phi) is 4.66. The van der Waals surface area contributed by atoms with Crippen molar-refractivity contribution in [3.05, 3.63) is 71.9 Å². The Hall–Kier alpha value is -4.07. The molecule has 156 valence electrons. The first-order valence-electron chi connectivity index (χ1n) is 9.92. The van der Waals surface area contributed by atoms with Gasteiger partial charge in [-0.2, -0.15) is 4.98 Å². The van der Waals surface area contributed by atoms with E-state index in [1.54, 1.807) is 16.5 Å². The van der Waals surface area contributed by atoms with Crippen molar-refractivity contribution in [3.63, 3.8) is 0 Å². The number of amides is 1. The van der Waals surface area contributed by atoms with Gasteiger partial charge in [0.25, 0.3) is 5.91 Å². The van der Waals surface area contributed by atoms with Gasteiger partial charge in [0.1, 0.15) is 18.1 Å². The molecule has 0 aliphatic carbocycles. The Balaban J connectivity index is 1.43. The third-order valence-electron chi connectivity index (χ3n) is 5.31. The van der Waals surface area contributed by atoms with Gasteiger partial charge in [-0.05, 0) is 53.1 Å². The predicted octanol–water partition coefficient (Wildman–Crippen LogP) is 3.02. The largest absolute Gasteiger partial charge is 0.497 e. The number of carbonyl (C=O) groups is 1. The third-order valence-corrected chi connectivity index (χ3v) is 5.31. The van der Waals surface area contributed by atoms with E-state index in [1.165, 1.54) is 0 Å². The molecule has 0 bridgehead atoms. The number of methoxy groups -OCH3 is 1. The number of rotatable bonds is 4. The summed E-state index contributed by atoms with van der Waals surface area (Å²) in [5.41, 5.74) is 9.76. The van der Waals surface area contributed by atoms with E-state index in [4.69, 9.17) is 15.2 Å². The number of nitrogens with two attached hydrogens (primary N) is 1. The molecule has 1 aliphatic rings. The van der Waals surface area contributed by atoms with Gasteiger partial charge in [-0.15, -0.1) is 5.10 Å². The number of nitrogen functional groups attached to an aromatic ring is 1. The lowest BCUT2D eigenvalue weighted by atomic mass is 10.0. The van der Waals surface area contributed by atoms with Gasteiger partial charge >= 0.3 is 0 Å². The number of carbonyl (C=O) groups excluding carboxylic acids is 1. The number of fused-ring (bicyclic) bond motifs is 2. The zero-order chi connectivity index (χ0) is 21.4. The van der Waals surface area contributed by atoms with E-state index in [-0.39, 0.29) is 11.9 Å². The number of hydrogen-bond acceptors (Lipinski definition) is 6. The van der Waals surface area contributed by atoms with E-state index in [1.807, 2.05) is 60.8 Å². The number of benzene rings is 2. The van der Waals surface area contributed by atoms with E-state index in [9.17, 15) is 4.79 Å². The van der Waals surface area contributed by atoms with E-state index in [0.29, 0.717) is 36.7 Å². The minimum atomic E-state index is -0.0532. The number of hydrogen-bond donors (Lipinski definition) is 1. The molecule has 8 heteroatoms. The Bertz CT molecular complexity index is 1280. The first-order valence-corrected chi connectivity index (χ1v) is 9.92. The quantitative estimate of drug-likeness (QED) is 0.551. The van der Waals surface area contributed by atoms with Gasteiger partial charge < -0.3 is 20.1 Å². The highest BCUT2D eigenvalue weighted by Gasteiger charge is 2.24. The van der Waals surface area contributed by atoms with Crippen molar-refractivity contribution in [1.82, 2.24) is 19.5 Å². The lowest BCUT2D eigenvalue weighted by molar-refractivity contribution is 0.0743. The highest BCUT2D eigenvalue weighted by molar-refractivity contribution is 5.98. The Morgan fingerprint density at radius 1 is 1.13 bits per heavy atom. The lowest BCUT2D eigenvalue weighted by Crippen LogP contribution is -2.31. The molecule has 5 rings (SSSR count). The summed E-state index contributed by atoms with van der Waals surface area (Å²) in [7, 11) is 1.63. The molecule has 8 nitrogen and oxygen atoms in total. The van der Waals surface area contributed by atoms with Crippen molar-refractivity contribution in [2.75, 3.05) is 26.0 Å². The fourth-order valence-electron chi connectivity index (χ4n) is 3.76. The zero-order valence-electron chi connectivity index (χ0n) is 17.0. The van der Waals surface area contributed by atoms with E-state index in [2.05, 4.69) is 10.1 Å². The smallest absolute Gasteiger partial charge is 0.258 e. The van der Waals surface area contributed by atoms with Crippen LogP contribution in [0.4, 0.5) is 5.95 Å². The summed E-state index contributed by atoms with van der Waals surface area (Å²) in [5, 5.41) is 4.09. The summed E-state index contributed by atoms with van der Waals surface area (Å²) in [4.78, 5) is 19.2. The van der Waals surface area contributed by atoms with Crippen LogP contribution in [-0.2, 0) is 6.54 Å². The summed E-state index contributed by atoms with van der Waals surface area (Å²) < 4.78 is 12.9. The van der Waals surface area contributed by atoms with Crippen molar-refractivity contribution in [2.24, 2.45) is 0 Å². The topological polar surface area (TPSA) is 95.0 Å².